The first-order valence-electron chi connectivity index (χ1n) is 12.5. The van der Waals surface area contributed by atoms with Crippen LogP contribution in [0, 0.1) is 17.3 Å². The van der Waals surface area contributed by atoms with Gasteiger partial charge in [0.25, 0.3) is 0 Å². The number of carbonyl (C=O) groups is 2. The number of piperidine rings is 1. The predicted molar refractivity (Wildman–Crippen MR) is 141 cm³/mol. The van der Waals surface area contributed by atoms with E-state index in [1.807, 2.05) is 61.0 Å². The summed E-state index contributed by atoms with van der Waals surface area (Å²) < 4.78 is 8.06. The number of fused-ring (bicyclic) bond motifs is 1. The van der Waals surface area contributed by atoms with Crippen LogP contribution >= 0.6 is 0 Å². The zero-order chi connectivity index (χ0) is 26.0. The fourth-order valence-corrected chi connectivity index (χ4v) is 4.76. The van der Waals surface area contributed by atoms with Crippen molar-refractivity contribution >= 4 is 28.6 Å². The van der Waals surface area contributed by atoms with E-state index in [1.54, 1.807) is 11.1 Å². The van der Waals surface area contributed by atoms with Crippen molar-refractivity contribution in [2.45, 2.75) is 53.5 Å². The molecule has 1 fully saturated rings. The maximum absolute atomic E-state index is 12.0. The third-order valence-corrected chi connectivity index (χ3v) is 6.89. The Labute approximate surface area is 212 Å². The average Bonchev–Trinajstić information content (AvgIpc) is 3.25. The molecule has 8 heteroatoms. The first kappa shape index (κ1) is 25.5. The predicted octanol–water partition coefficient (Wildman–Crippen LogP) is 5.80. The zero-order valence-electron chi connectivity index (χ0n) is 21.7. The first-order valence-corrected chi connectivity index (χ1v) is 12.5. The molecule has 2 aromatic heterocycles. The Kier molecular flexibility index (Phi) is 7.24. The van der Waals surface area contributed by atoms with Gasteiger partial charge in [-0.25, -0.2) is 9.78 Å². The molecule has 2 N–H and O–H groups in total. The van der Waals surface area contributed by atoms with Crippen LogP contribution in [0.1, 0.15) is 47.5 Å². The molecule has 0 saturated carbocycles. The Bertz CT molecular complexity index is 1230. The number of nitrogens with zero attached hydrogens (tertiary/aromatic N) is 3. The van der Waals surface area contributed by atoms with Crippen LogP contribution in [0.3, 0.4) is 0 Å². The molecule has 192 valence electrons. The lowest BCUT2D eigenvalue weighted by Gasteiger charge is -2.44. The van der Waals surface area contributed by atoms with Crippen LogP contribution in [0.25, 0.3) is 16.7 Å². The standard InChI is InChI=1S/C28H36N4O4/c1-18(2)26(33)30-21-6-8-23-20(15-21)11-13-31(23)25-9-7-22(16-29-25)36-17-19-10-12-32(27(34)35)24(14-19)28(3,4)5/h6-9,11,13,15-16,18-19,24H,10,12,14,17H2,1-5H3,(H,30,33)(H,34,35). The molecule has 0 spiro atoms. The van der Waals surface area contributed by atoms with Gasteiger partial charge in [-0.3, -0.25) is 4.79 Å². The molecule has 4 rings (SSSR count). The molecule has 0 radical (unpaired) electrons. The van der Waals surface area contributed by atoms with E-state index in [-0.39, 0.29) is 23.3 Å². The number of hydrogen-bond donors (Lipinski definition) is 2. The molecule has 8 nitrogen and oxygen atoms in total. The molecule has 3 heterocycles. The summed E-state index contributed by atoms with van der Waals surface area (Å²) in [6.45, 7) is 11.1. The highest BCUT2D eigenvalue weighted by Crippen LogP contribution is 2.35. The highest BCUT2D eigenvalue weighted by atomic mass is 16.5. The summed E-state index contributed by atoms with van der Waals surface area (Å²) in [5, 5.41) is 13.5. The highest BCUT2D eigenvalue weighted by molar-refractivity contribution is 5.95. The number of aromatic nitrogens is 2. The van der Waals surface area contributed by atoms with Crippen molar-refractivity contribution in [1.82, 2.24) is 14.5 Å². The van der Waals surface area contributed by atoms with Crippen LogP contribution in [0.2, 0.25) is 0 Å². The van der Waals surface area contributed by atoms with Crippen molar-refractivity contribution in [1.29, 1.82) is 0 Å². The van der Waals surface area contributed by atoms with E-state index in [0.717, 1.165) is 35.2 Å². The minimum absolute atomic E-state index is 0.00703. The van der Waals surface area contributed by atoms with Crippen molar-refractivity contribution in [3.63, 3.8) is 0 Å². The van der Waals surface area contributed by atoms with E-state index in [4.69, 9.17) is 4.74 Å². The van der Waals surface area contributed by atoms with Crippen molar-refractivity contribution in [2.75, 3.05) is 18.5 Å². The van der Waals surface area contributed by atoms with Gasteiger partial charge in [-0.15, -0.1) is 0 Å². The summed E-state index contributed by atoms with van der Waals surface area (Å²) in [5.74, 6) is 1.68. The van der Waals surface area contributed by atoms with Crippen LogP contribution < -0.4 is 10.1 Å². The number of carbonyl (C=O) groups excluding carboxylic acids is 1. The molecule has 2 amide bonds. The fraction of sp³-hybridized carbons (Fsp3) is 0.464. The monoisotopic (exact) mass is 492 g/mol. The topological polar surface area (TPSA) is 96.7 Å². The Hall–Kier alpha value is -3.55. The average molecular weight is 493 g/mol. The lowest BCUT2D eigenvalue weighted by molar-refractivity contribution is -0.118. The third-order valence-electron chi connectivity index (χ3n) is 6.89. The summed E-state index contributed by atoms with van der Waals surface area (Å²) in [4.78, 5) is 29.8. The third kappa shape index (κ3) is 5.64. The van der Waals surface area contributed by atoms with Gasteiger partial charge in [0.15, 0.2) is 0 Å². The minimum Gasteiger partial charge on any atom is -0.492 e. The molecule has 1 saturated heterocycles. The van der Waals surface area contributed by atoms with Crippen LogP contribution in [0.15, 0.2) is 48.8 Å². The number of amides is 2. The molecule has 3 aromatic rings. The van der Waals surface area contributed by atoms with Gasteiger partial charge in [-0.2, -0.15) is 0 Å². The quantitative estimate of drug-likeness (QED) is 0.453. The highest BCUT2D eigenvalue weighted by Gasteiger charge is 2.38. The van der Waals surface area contributed by atoms with Crippen molar-refractivity contribution in [3.8, 4) is 11.6 Å². The van der Waals surface area contributed by atoms with Crippen molar-refractivity contribution < 1.29 is 19.4 Å². The molecule has 1 aliphatic rings. The summed E-state index contributed by atoms with van der Waals surface area (Å²) in [6.07, 6.45) is 4.43. The van der Waals surface area contributed by atoms with E-state index in [1.165, 1.54) is 0 Å². The number of pyridine rings is 1. The van der Waals surface area contributed by atoms with E-state index < -0.39 is 6.09 Å². The van der Waals surface area contributed by atoms with Gasteiger partial charge < -0.3 is 24.6 Å². The molecule has 0 bridgehead atoms. The second-order valence-electron chi connectivity index (χ2n) is 11.0. The van der Waals surface area contributed by atoms with Gasteiger partial charge in [0.1, 0.15) is 11.6 Å². The molecular weight excluding hydrogens is 456 g/mol. The maximum atomic E-state index is 12.0. The number of ether oxygens (including phenoxy) is 1. The summed E-state index contributed by atoms with van der Waals surface area (Å²) >= 11 is 0. The smallest absolute Gasteiger partial charge is 0.407 e. The number of anilines is 1. The minimum atomic E-state index is -0.844. The Morgan fingerprint density at radius 1 is 1.19 bits per heavy atom. The molecule has 1 aromatic carbocycles. The van der Waals surface area contributed by atoms with E-state index in [0.29, 0.717) is 24.8 Å². The molecule has 0 aliphatic carbocycles. The van der Waals surface area contributed by atoms with Gasteiger partial charge in [0.2, 0.25) is 5.91 Å². The summed E-state index contributed by atoms with van der Waals surface area (Å²) in [5.41, 5.74) is 1.65. The van der Waals surface area contributed by atoms with Gasteiger partial charge in [0, 0.05) is 35.8 Å². The maximum Gasteiger partial charge on any atom is 0.407 e. The zero-order valence-corrected chi connectivity index (χ0v) is 21.7. The van der Waals surface area contributed by atoms with Crippen LogP contribution in [0.5, 0.6) is 5.75 Å². The van der Waals surface area contributed by atoms with Gasteiger partial charge >= 0.3 is 6.09 Å². The van der Waals surface area contributed by atoms with Crippen molar-refractivity contribution in [2.24, 2.45) is 17.3 Å². The lowest BCUT2D eigenvalue weighted by Crippen LogP contribution is -2.52. The Balaban J connectivity index is 1.40. The van der Waals surface area contributed by atoms with E-state index in [2.05, 4.69) is 31.1 Å². The van der Waals surface area contributed by atoms with E-state index >= 15 is 0 Å². The van der Waals surface area contributed by atoms with E-state index in [9.17, 15) is 14.7 Å². The largest absolute Gasteiger partial charge is 0.492 e. The second-order valence-corrected chi connectivity index (χ2v) is 11.0. The molecule has 36 heavy (non-hydrogen) atoms. The number of likely N-dealkylation sites (tertiary alicyclic amines) is 1. The Morgan fingerprint density at radius 3 is 2.61 bits per heavy atom. The number of hydrogen-bond acceptors (Lipinski definition) is 4. The number of benzene rings is 1. The van der Waals surface area contributed by atoms with Crippen LogP contribution in [-0.4, -0.2) is 50.8 Å². The van der Waals surface area contributed by atoms with Crippen LogP contribution in [-0.2, 0) is 4.79 Å². The first-order chi connectivity index (χ1) is 17.0. The van der Waals surface area contributed by atoms with Gasteiger partial charge in [-0.05, 0) is 60.6 Å². The fourth-order valence-electron chi connectivity index (χ4n) is 4.76. The molecular formula is C28H36N4O4. The summed E-state index contributed by atoms with van der Waals surface area (Å²) in [7, 11) is 0. The number of nitrogens with one attached hydrogen (secondary N) is 1. The van der Waals surface area contributed by atoms with Crippen molar-refractivity contribution in [3.05, 3.63) is 48.8 Å². The van der Waals surface area contributed by atoms with Gasteiger partial charge in [0.05, 0.1) is 18.3 Å². The molecule has 2 atom stereocenters. The second kappa shape index (κ2) is 10.2. The van der Waals surface area contributed by atoms with Crippen LogP contribution in [0.4, 0.5) is 10.5 Å². The molecule has 1 aliphatic heterocycles. The summed E-state index contributed by atoms with van der Waals surface area (Å²) in [6, 6.07) is 11.7. The number of rotatable bonds is 6. The Morgan fingerprint density at radius 2 is 1.97 bits per heavy atom. The molecule has 2 unspecified atom stereocenters. The SMILES string of the molecule is CC(C)C(=O)Nc1ccc2c(ccn2-c2ccc(OCC3CCN(C(=O)O)C(C(C)(C)C)C3)cn2)c1. The normalized spacial score (nSPS) is 18.4. The number of carboxylic acid groups (broad SMARTS) is 1. The van der Waals surface area contributed by atoms with Gasteiger partial charge in [-0.1, -0.05) is 34.6 Å². The lowest BCUT2D eigenvalue weighted by atomic mass is 9.77.